The van der Waals surface area contributed by atoms with Crippen LogP contribution in [-0.2, 0) is 9.53 Å². The van der Waals surface area contributed by atoms with E-state index < -0.39 is 17.8 Å². The Bertz CT molecular complexity index is 420. The summed E-state index contributed by atoms with van der Waals surface area (Å²) < 4.78 is 17.7. The van der Waals surface area contributed by atoms with Gasteiger partial charge in [-0.25, -0.2) is 9.18 Å². The first kappa shape index (κ1) is 13.2. The van der Waals surface area contributed by atoms with Gasteiger partial charge in [0, 0.05) is 12.1 Å². The van der Waals surface area contributed by atoms with Crippen molar-refractivity contribution in [2.75, 3.05) is 13.7 Å². The van der Waals surface area contributed by atoms with Crippen molar-refractivity contribution >= 4 is 5.97 Å². The number of phenolic OH excluding ortho intramolecular Hbond substituents is 1. The highest BCUT2D eigenvalue weighted by Crippen LogP contribution is 2.25. The van der Waals surface area contributed by atoms with Crippen LogP contribution < -0.4 is 5.32 Å². The molecule has 92 valence electrons. The molecule has 1 atom stereocenters. The number of rotatable bonds is 5. The van der Waals surface area contributed by atoms with Crippen molar-refractivity contribution in [3.63, 3.8) is 0 Å². The van der Waals surface area contributed by atoms with E-state index in [0.29, 0.717) is 6.54 Å². The van der Waals surface area contributed by atoms with Crippen LogP contribution in [0.3, 0.4) is 0 Å². The minimum Gasteiger partial charge on any atom is -0.508 e. The first-order valence-electron chi connectivity index (χ1n) is 5.00. The normalized spacial score (nSPS) is 11.9. The highest BCUT2D eigenvalue weighted by molar-refractivity contribution is 5.78. The molecule has 17 heavy (non-hydrogen) atoms. The van der Waals surface area contributed by atoms with E-state index in [4.69, 9.17) is 0 Å². The minimum absolute atomic E-state index is 0.138. The monoisotopic (exact) mass is 239 g/mol. The molecule has 0 fully saturated rings. The Kier molecular flexibility index (Phi) is 4.66. The van der Waals surface area contributed by atoms with E-state index >= 15 is 0 Å². The second-order valence-electron chi connectivity index (χ2n) is 3.36. The Balaban J connectivity index is 3.06. The van der Waals surface area contributed by atoms with Crippen molar-refractivity contribution < 1.29 is 19.0 Å². The molecule has 0 amide bonds. The second kappa shape index (κ2) is 6.00. The standard InChI is InChI=1S/C12H14FNO3/c1-3-6-14-11(12(16)17-2)9-7-8(13)4-5-10(9)15/h3-5,7,11,14-15H,1,6H2,2H3. The summed E-state index contributed by atoms with van der Waals surface area (Å²) in [6.07, 6.45) is 1.55. The Labute approximate surface area is 98.7 Å². The fourth-order valence-electron chi connectivity index (χ4n) is 1.40. The summed E-state index contributed by atoms with van der Waals surface area (Å²) in [6, 6.07) is 2.47. The van der Waals surface area contributed by atoms with Gasteiger partial charge in [0.15, 0.2) is 0 Å². The van der Waals surface area contributed by atoms with Gasteiger partial charge >= 0.3 is 5.97 Å². The molecule has 0 radical (unpaired) electrons. The molecule has 5 heteroatoms. The lowest BCUT2D eigenvalue weighted by Crippen LogP contribution is -2.29. The Morgan fingerprint density at radius 1 is 1.71 bits per heavy atom. The summed E-state index contributed by atoms with van der Waals surface area (Å²) in [6.45, 7) is 3.83. The molecular weight excluding hydrogens is 225 g/mol. The fourth-order valence-corrected chi connectivity index (χ4v) is 1.40. The molecule has 2 N–H and O–H groups in total. The molecule has 1 unspecified atom stereocenters. The number of methoxy groups -OCH3 is 1. The van der Waals surface area contributed by atoms with Gasteiger partial charge in [-0.2, -0.15) is 0 Å². The van der Waals surface area contributed by atoms with Crippen LogP contribution >= 0.6 is 0 Å². The van der Waals surface area contributed by atoms with Gasteiger partial charge in [0.25, 0.3) is 0 Å². The molecule has 1 aromatic rings. The molecule has 0 aliphatic rings. The zero-order valence-corrected chi connectivity index (χ0v) is 9.44. The lowest BCUT2D eigenvalue weighted by atomic mass is 10.1. The zero-order valence-electron chi connectivity index (χ0n) is 9.44. The van der Waals surface area contributed by atoms with E-state index in [1.807, 2.05) is 0 Å². The number of nitrogens with one attached hydrogen (secondary N) is 1. The van der Waals surface area contributed by atoms with E-state index in [-0.39, 0.29) is 11.3 Å². The van der Waals surface area contributed by atoms with Gasteiger partial charge < -0.3 is 9.84 Å². The summed E-state index contributed by atoms with van der Waals surface area (Å²) in [5.41, 5.74) is 0.138. The van der Waals surface area contributed by atoms with Crippen molar-refractivity contribution in [2.45, 2.75) is 6.04 Å². The molecule has 0 heterocycles. The van der Waals surface area contributed by atoms with Gasteiger partial charge in [-0.3, -0.25) is 5.32 Å². The minimum atomic E-state index is -0.923. The van der Waals surface area contributed by atoms with Crippen LogP contribution in [0, 0.1) is 5.82 Å². The van der Waals surface area contributed by atoms with Gasteiger partial charge in [-0.15, -0.1) is 6.58 Å². The summed E-state index contributed by atoms with van der Waals surface area (Å²) in [7, 11) is 1.22. The van der Waals surface area contributed by atoms with Crippen molar-refractivity contribution in [2.24, 2.45) is 0 Å². The maximum Gasteiger partial charge on any atom is 0.327 e. The predicted octanol–water partition coefficient (Wildman–Crippen LogP) is 1.52. The van der Waals surface area contributed by atoms with Crippen LogP contribution in [0.2, 0.25) is 0 Å². The number of hydrogen-bond acceptors (Lipinski definition) is 4. The Hall–Kier alpha value is -1.88. The van der Waals surface area contributed by atoms with E-state index in [9.17, 15) is 14.3 Å². The number of hydrogen-bond donors (Lipinski definition) is 2. The molecular formula is C12H14FNO3. The first-order valence-corrected chi connectivity index (χ1v) is 5.00. The second-order valence-corrected chi connectivity index (χ2v) is 3.36. The van der Waals surface area contributed by atoms with E-state index in [0.717, 1.165) is 12.1 Å². The number of esters is 1. The molecule has 0 spiro atoms. The average Bonchev–Trinajstić information content (AvgIpc) is 2.33. The quantitative estimate of drug-likeness (QED) is 0.604. The number of ether oxygens (including phenoxy) is 1. The number of carbonyl (C=O) groups excluding carboxylic acids is 1. The SMILES string of the molecule is C=CCNC(C(=O)OC)c1cc(F)ccc1O. The van der Waals surface area contributed by atoms with Gasteiger partial charge in [-0.1, -0.05) is 6.08 Å². The Morgan fingerprint density at radius 2 is 2.41 bits per heavy atom. The van der Waals surface area contributed by atoms with E-state index in [2.05, 4.69) is 16.6 Å². The van der Waals surface area contributed by atoms with Crippen LogP contribution in [0.1, 0.15) is 11.6 Å². The molecule has 0 aliphatic heterocycles. The molecule has 0 aromatic heterocycles. The third-order valence-electron chi connectivity index (χ3n) is 2.20. The topological polar surface area (TPSA) is 58.6 Å². The van der Waals surface area contributed by atoms with Crippen molar-refractivity contribution in [3.8, 4) is 5.75 Å². The van der Waals surface area contributed by atoms with Gasteiger partial charge in [0.2, 0.25) is 0 Å². The van der Waals surface area contributed by atoms with Crippen LogP contribution in [0.5, 0.6) is 5.75 Å². The zero-order chi connectivity index (χ0) is 12.8. The average molecular weight is 239 g/mol. The van der Waals surface area contributed by atoms with Crippen LogP contribution in [-0.4, -0.2) is 24.7 Å². The van der Waals surface area contributed by atoms with Gasteiger partial charge in [-0.05, 0) is 18.2 Å². The molecule has 0 saturated heterocycles. The maximum atomic E-state index is 13.1. The maximum absolute atomic E-state index is 13.1. The van der Waals surface area contributed by atoms with E-state index in [1.165, 1.54) is 13.2 Å². The summed E-state index contributed by atoms with van der Waals surface area (Å²) in [5.74, 6) is -1.31. The first-order chi connectivity index (χ1) is 8.10. The summed E-state index contributed by atoms with van der Waals surface area (Å²) >= 11 is 0. The number of benzene rings is 1. The van der Waals surface area contributed by atoms with Gasteiger partial charge in [0.1, 0.15) is 17.6 Å². The van der Waals surface area contributed by atoms with Crippen LogP contribution in [0.25, 0.3) is 0 Å². The molecule has 0 saturated carbocycles. The third-order valence-corrected chi connectivity index (χ3v) is 2.20. The molecule has 0 aliphatic carbocycles. The van der Waals surface area contributed by atoms with E-state index in [1.54, 1.807) is 6.08 Å². The van der Waals surface area contributed by atoms with Crippen molar-refractivity contribution in [1.82, 2.24) is 5.32 Å². The summed E-state index contributed by atoms with van der Waals surface area (Å²) in [4.78, 5) is 11.5. The Morgan fingerprint density at radius 3 is 3.00 bits per heavy atom. The van der Waals surface area contributed by atoms with Gasteiger partial charge in [0.05, 0.1) is 7.11 Å². The molecule has 0 bridgehead atoms. The summed E-state index contributed by atoms with van der Waals surface area (Å²) in [5, 5.41) is 12.4. The highest BCUT2D eigenvalue weighted by atomic mass is 19.1. The number of carbonyl (C=O) groups is 1. The number of phenols is 1. The lowest BCUT2D eigenvalue weighted by molar-refractivity contribution is -0.143. The predicted molar refractivity (Wildman–Crippen MR) is 61.0 cm³/mol. The largest absolute Gasteiger partial charge is 0.508 e. The fraction of sp³-hybridized carbons (Fsp3) is 0.250. The molecule has 4 nitrogen and oxygen atoms in total. The van der Waals surface area contributed by atoms with Crippen LogP contribution in [0.15, 0.2) is 30.9 Å². The van der Waals surface area contributed by atoms with Crippen molar-refractivity contribution in [3.05, 3.63) is 42.2 Å². The highest BCUT2D eigenvalue weighted by Gasteiger charge is 2.23. The van der Waals surface area contributed by atoms with Crippen molar-refractivity contribution in [1.29, 1.82) is 0 Å². The number of halogens is 1. The number of aromatic hydroxyl groups is 1. The van der Waals surface area contributed by atoms with Crippen LogP contribution in [0.4, 0.5) is 4.39 Å². The molecule has 1 rings (SSSR count). The lowest BCUT2D eigenvalue weighted by Gasteiger charge is -2.17. The molecule has 1 aromatic carbocycles. The third kappa shape index (κ3) is 3.29. The smallest absolute Gasteiger partial charge is 0.327 e.